The van der Waals surface area contributed by atoms with Crippen molar-refractivity contribution in [2.24, 2.45) is 0 Å². The lowest BCUT2D eigenvalue weighted by Gasteiger charge is -2.13. The number of ether oxygens (including phenoxy) is 2. The van der Waals surface area contributed by atoms with Gasteiger partial charge in [0.05, 0.1) is 29.7 Å². The number of rotatable bonds is 8. The third-order valence-electron chi connectivity index (χ3n) is 4.12. The van der Waals surface area contributed by atoms with Gasteiger partial charge in [0.15, 0.2) is 0 Å². The molecule has 0 atom stereocenters. The second kappa shape index (κ2) is 8.64. The van der Waals surface area contributed by atoms with Gasteiger partial charge < -0.3 is 9.47 Å². The van der Waals surface area contributed by atoms with E-state index in [1.807, 2.05) is 0 Å². The number of anilines is 2. The zero-order valence-electron chi connectivity index (χ0n) is 16.2. The van der Waals surface area contributed by atoms with E-state index in [-0.39, 0.29) is 21.2 Å². The fourth-order valence-electron chi connectivity index (χ4n) is 2.60. The molecular formula is C20H20N2O6S2. The summed E-state index contributed by atoms with van der Waals surface area (Å²) in [5, 5.41) is 0. The van der Waals surface area contributed by atoms with Gasteiger partial charge in [-0.2, -0.15) is 0 Å². The van der Waals surface area contributed by atoms with Gasteiger partial charge in [-0.15, -0.1) is 0 Å². The molecule has 0 fully saturated rings. The van der Waals surface area contributed by atoms with Crippen LogP contribution in [0, 0.1) is 0 Å². The molecule has 2 N–H and O–H groups in total. The molecule has 0 saturated heterocycles. The number of methoxy groups -OCH3 is 2. The Bertz CT molecular complexity index is 1230. The maximum Gasteiger partial charge on any atom is 0.262 e. The summed E-state index contributed by atoms with van der Waals surface area (Å²) in [7, 11) is -4.79. The highest BCUT2D eigenvalue weighted by Crippen LogP contribution is 2.31. The van der Waals surface area contributed by atoms with Crippen LogP contribution in [0.1, 0.15) is 0 Å². The van der Waals surface area contributed by atoms with Gasteiger partial charge in [-0.05, 0) is 48.5 Å². The first kappa shape index (κ1) is 21.5. The normalized spacial score (nSPS) is 11.5. The van der Waals surface area contributed by atoms with Crippen molar-refractivity contribution in [2.45, 2.75) is 9.79 Å². The van der Waals surface area contributed by atoms with Crippen LogP contribution in [-0.4, -0.2) is 31.1 Å². The molecule has 10 heteroatoms. The van der Waals surface area contributed by atoms with E-state index in [2.05, 4.69) is 9.44 Å². The van der Waals surface area contributed by atoms with Crippen molar-refractivity contribution in [3.63, 3.8) is 0 Å². The van der Waals surface area contributed by atoms with Crippen LogP contribution in [0.25, 0.3) is 0 Å². The average molecular weight is 449 g/mol. The van der Waals surface area contributed by atoms with Gasteiger partial charge in [-0.1, -0.05) is 18.2 Å². The Morgan fingerprint density at radius 2 is 1.27 bits per heavy atom. The van der Waals surface area contributed by atoms with Crippen LogP contribution in [0.5, 0.6) is 11.5 Å². The monoisotopic (exact) mass is 448 g/mol. The average Bonchev–Trinajstić information content (AvgIpc) is 2.74. The minimum atomic E-state index is -3.93. The van der Waals surface area contributed by atoms with E-state index in [9.17, 15) is 16.8 Å². The van der Waals surface area contributed by atoms with Gasteiger partial charge in [0, 0.05) is 11.8 Å². The number of nitrogens with one attached hydrogen (secondary N) is 2. The summed E-state index contributed by atoms with van der Waals surface area (Å²) in [4.78, 5) is 0.0676. The molecule has 0 radical (unpaired) electrons. The molecule has 0 bridgehead atoms. The van der Waals surface area contributed by atoms with Crippen molar-refractivity contribution in [3.8, 4) is 11.5 Å². The lowest BCUT2D eigenvalue weighted by molar-refractivity contribution is 0.395. The fourth-order valence-corrected chi connectivity index (χ4v) is 4.75. The number of hydrogen-bond donors (Lipinski definition) is 2. The second-order valence-corrected chi connectivity index (χ2v) is 9.48. The van der Waals surface area contributed by atoms with E-state index < -0.39 is 20.0 Å². The van der Waals surface area contributed by atoms with Crippen LogP contribution in [-0.2, 0) is 20.0 Å². The zero-order chi connectivity index (χ0) is 21.8. The Kier molecular flexibility index (Phi) is 6.18. The molecule has 3 aromatic rings. The van der Waals surface area contributed by atoms with E-state index >= 15 is 0 Å². The summed E-state index contributed by atoms with van der Waals surface area (Å²) in [5.74, 6) is 0.815. The van der Waals surface area contributed by atoms with Crippen LogP contribution in [0.4, 0.5) is 11.4 Å². The van der Waals surface area contributed by atoms with E-state index in [0.717, 1.165) is 0 Å². The first-order chi connectivity index (χ1) is 14.2. The molecule has 0 saturated carbocycles. The van der Waals surface area contributed by atoms with Crippen LogP contribution >= 0.6 is 0 Å². The van der Waals surface area contributed by atoms with E-state index in [1.165, 1.54) is 56.7 Å². The highest BCUT2D eigenvalue weighted by atomic mass is 32.2. The third-order valence-corrected chi connectivity index (χ3v) is 6.90. The van der Waals surface area contributed by atoms with Crippen molar-refractivity contribution in [1.82, 2.24) is 0 Å². The maximum atomic E-state index is 12.7. The molecule has 0 unspecified atom stereocenters. The summed E-state index contributed by atoms with van der Waals surface area (Å²) < 4.78 is 65.3. The molecule has 0 heterocycles. The predicted molar refractivity (Wildman–Crippen MR) is 114 cm³/mol. The quantitative estimate of drug-likeness (QED) is 0.547. The Morgan fingerprint density at radius 1 is 0.667 bits per heavy atom. The highest BCUT2D eigenvalue weighted by molar-refractivity contribution is 7.93. The number of hydrogen-bond acceptors (Lipinski definition) is 6. The topological polar surface area (TPSA) is 111 Å². The van der Waals surface area contributed by atoms with Gasteiger partial charge >= 0.3 is 0 Å². The molecule has 0 spiro atoms. The maximum absolute atomic E-state index is 12.7. The van der Waals surface area contributed by atoms with Crippen molar-refractivity contribution in [1.29, 1.82) is 0 Å². The lowest BCUT2D eigenvalue weighted by atomic mass is 10.3. The van der Waals surface area contributed by atoms with Crippen molar-refractivity contribution in [2.75, 3.05) is 23.7 Å². The Morgan fingerprint density at radius 3 is 1.87 bits per heavy atom. The fraction of sp³-hybridized carbons (Fsp3) is 0.100. The molecule has 3 rings (SSSR count). The molecule has 3 aromatic carbocycles. The van der Waals surface area contributed by atoms with Crippen molar-refractivity contribution in [3.05, 3.63) is 72.8 Å². The van der Waals surface area contributed by atoms with Gasteiger partial charge in [0.25, 0.3) is 20.0 Å². The number of sulfonamides is 2. The molecule has 0 aromatic heterocycles. The molecular weight excluding hydrogens is 428 g/mol. The minimum Gasteiger partial charge on any atom is -0.497 e. The lowest BCUT2D eigenvalue weighted by Crippen LogP contribution is -2.15. The summed E-state index contributed by atoms with van der Waals surface area (Å²) in [6.07, 6.45) is 0. The first-order valence-electron chi connectivity index (χ1n) is 8.68. The molecule has 0 aliphatic heterocycles. The molecule has 0 aliphatic carbocycles. The molecule has 8 nitrogen and oxygen atoms in total. The van der Waals surface area contributed by atoms with E-state index in [4.69, 9.17) is 9.47 Å². The smallest absolute Gasteiger partial charge is 0.262 e. The summed E-state index contributed by atoms with van der Waals surface area (Å²) in [5.41, 5.74) is 0.479. The molecule has 30 heavy (non-hydrogen) atoms. The van der Waals surface area contributed by atoms with E-state index in [0.29, 0.717) is 11.5 Å². The Labute approximate surface area is 175 Å². The first-order valence-corrected chi connectivity index (χ1v) is 11.6. The van der Waals surface area contributed by atoms with Crippen LogP contribution in [0.2, 0.25) is 0 Å². The summed E-state index contributed by atoms with van der Waals surface area (Å²) >= 11 is 0. The van der Waals surface area contributed by atoms with Crippen LogP contribution in [0.3, 0.4) is 0 Å². The van der Waals surface area contributed by atoms with Gasteiger partial charge in [-0.25, -0.2) is 16.8 Å². The molecule has 158 valence electrons. The standard InChI is InChI=1S/C20H20N2O6S2/c1-27-16-10-13-19(20(14-16)28-2)22-30(25,26)18-11-8-15(9-12-18)21-29(23,24)17-6-4-3-5-7-17/h3-14,21-22H,1-2H3. The second-order valence-electron chi connectivity index (χ2n) is 6.11. The van der Waals surface area contributed by atoms with E-state index in [1.54, 1.807) is 30.3 Å². The molecule has 0 amide bonds. The summed E-state index contributed by atoms with van der Waals surface area (Å²) in [6, 6.07) is 17.9. The minimum absolute atomic E-state index is 0.0389. The van der Waals surface area contributed by atoms with Gasteiger partial charge in [0.1, 0.15) is 11.5 Å². The van der Waals surface area contributed by atoms with Crippen molar-refractivity contribution >= 4 is 31.4 Å². The SMILES string of the molecule is COc1ccc(NS(=O)(=O)c2ccc(NS(=O)(=O)c3ccccc3)cc2)c(OC)c1. The number of benzene rings is 3. The molecule has 0 aliphatic rings. The van der Waals surface area contributed by atoms with Crippen LogP contribution in [0.15, 0.2) is 82.6 Å². The largest absolute Gasteiger partial charge is 0.497 e. The van der Waals surface area contributed by atoms with Gasteiger partial charge in [0.2, 0.25) is 0 Å². The zero-order valence-corrected chi connectivity index (χ0v) is 17.8. The summed E-state index contributed by atoms with van der Waals surface area (Å²) in [6.45, 7) is 0. The Balaban J connectivity index is 1.80. The Hall–Kier alpha value is -3.24. The van der Waals surface area contributed by atoms with Gasteiger partial charge in [-0.3, -0.25) is 9.44 Å². The van der Waals surface area contributed by atoms with Crippen LogP contribution < -0.4 is 18.9 Å². The highest BCUT2D eigenvalue weighted by Gasteiger charge is 2.18. The predicted octanol–water partition coefficient (Wildman–Crippen LogP) is 3.31. The third kappa shape index (κ3) is 4.84. The van der Waals surface area contributed by atoms with Crippen molar-refractivity contribution < 1.29 is 26.3 Å².